The Morgan fingerprint density at radius 2 is 1.36 bits per heavy atom. The van der Waals surface area contributed by atoms with Gasteiger partial charge in [0.25, 0.3) is 0 Å². The van der Waals surface area contributed by atoms with Gasteiger partial charge >= 0.3 is 35.8 Å². The molecule has 0 bridgehead atoms. The van der Waals surface area contributed by atoms with Gasteiger partial charge in [-0.2, -0.15) is 0 Å². The van der Waals surface area contributed by atoms with Gasteiger partial charge in [-0.05, 0) is 12.2 Å². The first-order chi connectivity index (χ1) is 20.6. The Morgan fingerprint density at radius 1 is 0.795 bits per heavy atom. The van der Waals surface area contributed by atoms with Crippen LogP contribution in [0.3, 0.4) is 0 Å². The topological polar surface area (TPSA) is 201 Å². The number of carbonyl (C=O) groups is 6. The number of ether oxygens (including phenoxy) is 9. The van der Waals surface area contributed by atoms with Crippen molar-refractivity contribution in [1.29, 1.82) is 0 Å². The van der Waals surface area contributed by atoms with Crippen LogP contribution in [0.4, 0.5) is 0 Å². The summed E-state index contributed by atoms with van der Waals surface area (Å²) < 4.78 is 50.3. The van der Waals surface area contributed by atoms with E-state index in [0.29, 0.717) is 0 Å². The van der Waals surface area contributed by atoms with Crippen molar-refractivity contribution in [3.05, 3.63) is 0 Å². The second kappa shape index (κ2) is 14.9. The molecule has 3 saturated heterocycles. The minimum atomic E-state index is -1.32. The van der Waals surface area contributed by atoms with Gasteiger partial charge in [0, 0.05) is 48.7 Å². The molecule has 0 unspecified atom stereocenters. The van der Waals surface area contributed by atoms with E-state index >= 15 is 0 Å². The molecular weight excluding hydrogens is 612 g/mol. The van der Waals surface area contributed by atoms with E-state index in [-0.39, 0.29) is 11.7 Å². The summed E-state index contributed by atoms with van der Waals surface area (Å²) in [6.45, 7) is 6.13. The van der Waals surface area contributed by atoms with Gasteiger partial charge in [-0.15, -0.1) is 0 Å². The summed E-state index contributed by atoms with van der Waals surface area (Å²) in [5.74, 6) is -4.21. The normalized spacial score (nSPS) is 31.6. The maximum atomic E-state index is 12.3. The molecule has 44 heavy (non-hydrogen) atoms. The van der Waals surface area contributed by atoms with Crippen LogP contribution in [0, 0.1) is 0 Å². The Balaban J connectivity index is 2.06. The summed E-state index contributed by atoms with van der Waals surface area (Å²) in [4.78, 5) is 73.2. The third-order valence-electron chi connectivity index (χ3n) is 6.74. The maximum absolute atomic E-state index is 12.3. The number of methoxy groups -OCH3 is 1. The Bertz CT molecular complexity index is 1150. The number of hydrogen-bond acceptors (Lipinski definition) is 16. The Hall–Kier alpha value is -3.61. The average molecular weight is 649 g/mol. The van der Waals surface area contributed by atoms with Crippen molar-refractivity contribution < 1.29 is 71.4 Å². The smallest absolute Gasteiger partial charge is 0.303 e. The highest BCUT2D eigenvalue weighted by Gasteiger charge is 2.63. The van der Waals surface area contributed by atoms with Crippen LogP contribution < -0.4 is 5.32 Å². The third kappa shape index (κ3) is 8.30. The highest BCUT2D eigenvalue weighted by Crippen LogP contribution is 2.39. The zero-order valence-corrected chi connectivity index (χ0v) is 26.0. The number of carbonyl (C=O) groups excluding carboxylic acids is 6. The SMILES string of the molecule is CO[C@H]1O[C@H](COC(C)=O)[C@@H](OC(C)=O)[C@H](OC(C)=O)[C@H]1N1C(=S)N[C@@H]2[C@@H](OC(C)=O)[C@@H]([C@@H](COC(C)=O)OC(C)=O)O[C@@H]21. The maximum Gasteiger partial charge on any atom is 0.303 e. The van der Waals surface area contributed by atoms with Crippen molar-refractivity contribution in [3.63, 3.8) is 0 Å². The van der Waals surface area contributed by atoms with Gasteiger partial charge in [-0.3, -0.25) is 28.8 Å². The number of rotatable bonds is 11. The molecule has 0 amide bonds. The van der Waals surface area contributed by atoms with Crippen LogP contribution in [0.25, 0.3) is 0 Å². The summed E-state index contributed by atoms with van der Waals surface area (Å²) in [5, 5.41) is 3.06. The molecule has 3 fully saturated rings. The van der Waals surface area contributed by atoms with Gasteiger partial charge in [-0.25, -0.2) is 0 Å². The monoisotopic (exact) mass is 648 g/mol. The van der Waals surface area contributed by atoms with E-state index in [1.54, 1.807) is 0 Å². The average Bonchev–Trinajstić information content (AvgIpc) is 3.39. The van der Waals surface area contributed by atoms with Crippen LogP contribution in [0.2, 0.25) is 0 Å². The van der Waals surface area contributed by atoms with Gasteiger partial charge in [0.15, 0.2) is 42.0 Å². The molecule has 0 aromatic rings. The van der Waals surface area contributed by atoms with Gasteiger partial charge in [0.1, 0.15) is 37.5 Å². The Kier molecular flexibility index (Phi) is 11.8. The number of fused-ring (bicyclic) bond motifs is 1. The van der Waals surface area contributed by atoms with Crippen LogP contribution in [-0.4, -0.2) is 127 Å². The predicted molar refractivity (Wildman–Crippen MR) is 145 cm³/mol. The molecule has 17 nitrogen and oxygen atoms in total. The first-order valence-electron chi connectivity index (χ1n) is 13.5. The van der Waals surface area contributed by atoms with Gasteiger partial charge in [-0.1, -0.05) is 0 Å². The van der Waals surface area contributed by atoms with Crippen molar-refractivity contribution in [1.82, 2.24) is 10.2 Å². The standard InChI is InChI=1S/C26H36N2O15S/c1-10(29)36-8-16(38-12(3)31)20-22(40-14(5)33)18-24(43-20)28(26(44)27-18)19-23(41-15(6)34)21(39-13(4)32)17(9-37-11(2)30)42-25(19)35-7/h16-25H,8-9H2,1-7H3,(H,27,44)/t16-,17-,18-,19-,20-,21-,22-,23-,24+,25+/m1/s1. The van der Waals surface area contributed by atoms with E-state index in [4.69, 9.17) is 54.8 Å². The molecule has 3 heterocycles. The minimum absolute atomic E-state index is 0.0347. The summed E-state index contributed by atoms with van der Waals surface area (Å²) in [6.07, 6.45) is -9.62. The molecule has 0 radical (unpaired) electrons. The predicted octanol–water partition coefficient (Wildman–Crippen LogP) is -1.14. The van der Waals surface area contributed by atoms with E-state index in [9.17, 15) is 28.8 Å². The fourth-order valence-corrected chi connectivity index (χ4v) is 5.69. The lowest BCUT2D eigenvalue weighted by molar-refractivity contribution is -0.289. The zero-order chi connectivity index (χ0) is 32.9. The highest BCUT2D eigenvalue weighted by atomic mass is 32.1. The summed E-state index contributed by atoms with van der Waals surface area (Å²) >= 11 is 5.62. The number of nitrogens with one attached hydrogen (secondary N) is 1. The number of nitrogens with zero attached hydrogens (tertiary/aromatic N) is 1. The van der Waals surface area contributed by atoms with Gasteiger partial charge in [0.2, 0.25) is 0 Å². The molecular formula is C26H36N2O15S. The van der Waals surface area contributed by atoms with Crippen LogP contribution in [-0.2, 0) is 71.4 Å². The molecule has 0 aromatic heterocycles. The summed E-state index contributed by atoms with van der Waals surface area (Å²) in [6, 6.07) is -2.04. The van der Waals surface area contributed by atoms with E-state index in [1.807, 2.05) is 0 Å². The van der Waals surface area contributed by atoms with Crippen molar-refractivity contribution in [2.45, 2.75) is 103 Å². The second-order valence-corrected chi connectivity index (χ2v) is 10.5. The molecule has 10 atom stereocenters. The van der Waals surface area contributed by atoms with E-state index in [2.05, 4.69) is 5.32 Å². The molecule has 246 valence electrons. The number of esters is 6. The lowest BCUT2D eigenvalue weighted by Crippen LogP contribution is -2.68. The summed E-state index contributed by atoms with van der Waals surface area (Å²) in [5.41, 5.74) is 0. The Morgan fingerprint density at radius 3 is 1.89 bits per heavy atom. The molecule has 18 heteroatoms. The van der Waals surface area contributed by atoms with Crippen LogP contribution in [0.1, 0.15) is 41.5 Å². The largest absolute Gasteiger partial charge is 0.463 e. The number of hydrogen-bond donors (Lipinski definition) is 1. The summed E-state index contributed by atoms with van der Waals surface area (Å²) in [7, 11) is 1.30. The van der Waals surface area contributed by atoms with E-state index in [0.717, 1.165) is 27.7 Å². The first-order valence-corrected chi connectivity index (χ1v) is 13.9. The fourth-order valence-electron chi connectivity index (χ4n) is 5.33. The van der Waals surface area contributed by atoms with Crippen LogP contribution in [0.5, 0.6) is 0 Å². The van der Waals surface area contributed by atoms with E-state index in [1.165, 1.54) is 25.9 Å². The molecule has 0 aliphatic carbocycles. The number of thiocarbonyl (C=S) groups is 1. The van der Waals surface area contributed by atoms with Crippen molar-refractivity contribution in [2.75, 3.05) is 20.3 Å². The molecule has 3 rings (SSSR count). The molecule has 0 spiro atoms. The quantitative estimate of drug-likeness (QED) is 0.160. The minimum Gasteiger partial charge on any atom is -0.463 e. The molecule has 0 saturated carbocycles. The zero-order valence-electron chi connectivity index (χ0n) is 25.2. The van der Waals surface area contributed by atoms with Crippen molar-refractivity contribution in [2.24, 2.45) is 0 Å². The molecule has 0 aromatic carbocycles. The Labute approximate surface area is 258 Å². The highest BCUT2D eigenvalue weighted by molar-refractivity contribution is 7.80. The van der Waals surface area contributed by atoms with Crippen LogP contribution >= 0.6 is 12.2 Å². The lowest BCUT2D eigenvalue weighted by atomic mass is 9.94. The molecule has 3 aliphatic rings. The van der Waals surface area contributed by atoms with Gasteiger partial charge in [0.05, 0.1) is 0 Å². The van der Waals surface area contributed by atoms with Crippen molar-refractivity contribution in [3.8, 4) is 0 Å². The second-order valence-electron chi connectivity index (χ2n) is 10.1. The third-order valence-corrected chi connectivity index (χ3v) is 7.07. The van der Waals surface area contributed by atoms with E-state index < -0.39 is 104 Å². The van der Waals surface area contributed by atoms with Crippen LogP contribution in [0.15, 0.2) is 0 Å². The van der Waals surface area contributed by atoms with Crippen molar-refractivity contribution >= 4 is 53.1 Å². The first kappa shape index (κ1) is 34.9. The lowest BCUT2D eigenvalue weighted by Gasteiger charge is -2.48. The van der Waals surface area contributed by atoms with Gasteiger partial charge < -0.3 is 52.8 Å². The fraction of sp³-hybridized carbons (Fsp3) is 0.731. The molecule has 3 aliphatic heterocycles. The molecule has 1 N–H and O–H groups in total.